The number of carbonyl (C=O) groups excluding carboxylic acids is 1. The van der Waals surface area contributed by atoms with Crippen molar-refractivity contribution in [1.29, 1.82) is 0 Å². The molecule has 2 aromatic heterocycles. The summed E-state index contributed by atoms with van der Waals surface area (Å²) in [7, 11) is 0. The number of ether oxygens (including phenoxy) is 1. The molecule has 0 amide bonds. The first-order valence-electron chi connectivity index (χ1n) is 8.23. The van der Waals surface area contributed by atoms with E-state index >= 15 is 0 Å². The predicted octanol–water partition coefficient (Wildman–Crippen LogP) is 3.34. The van der Waals surface area contributed by atoms with Crippen LogP contribution in [0.15, 0.2) is 40.9 Å². The maximum Gasteiger partial charge on any atom is 0.308 e. The van der Waals surface area contributed by atoms with Crippen LogP contribution in [0.1, 0.15) is 23.9 Å². The van der Waals surface area contributed by atoms with Crippen molar-refractivity contribution in [2.75, 3.05) is 6.54 Å². The van der Waals surface area contributed by atoms with Gasteiger partial charge in [-0.1, -0.05) is 34.1 Å². The summed E-state index contributed by atoms with van der Waals surface area (Å²) in [5, 5.41) is 11.5. The monoisotopic (exact) mass is 467 g/mol. The summed E-state index contributed by atoms with van der Waals surface area (Å²) >= 11 is 0.994. The number of hydrogen-bond donors (Lipinski definition) is 2. The number of esters is 1. The standard InChI is InChI=1S/C18H17BrN2O6S/c1-10(22)26-18-15(23)16(27-17(18)13(19)6-7-21-28(24)25)12-8-11-4-2-3-5-14(11)20-9-12/h2-5,8-9,13,21,23H,6-7H2,1H3,(H,24,25)/p-1. The summed E-state index contributed by atoms with van der Waals surface area (Å²) in [6.45, 7) is 1.33. The third kappa shape index (κ3) is 4.58. The Bertz CT molecular complexity index is 1040. The van der Waals surface area contributed by atoms with Crippen LogP contribution in [0.5, 0.6) is 11.5 Å². The summed E-state index contributed by atoms with van der Waals surface area (Å²) in [5.74, 6) is -0.782. The molecule has 0 saturated carbocycles. The molecular formula is C18H16BrN2O6S-. The molecule has 0 aliphatic rings. The molecule has 1 aromatic carbocycles. The molecule has 0 fully saturated rings. The number of aromatic hydroxyl groups is 1. The lowest BCUT2D eigenvalue weighted by Gasteiger charge is -2.11. The number of nitrogens with one attached hydrogen (secondary N) is 1. The van der Waals surface area contributed by atoms with Crippen molar-refractivity contribution in [3.8, 4) is 22.8 Å². The van der Waals surface area contributed by atoms with E-state index in [-0.39, 0.29) is 29.6 Å². The minimum Gasteiger partial charge on any atom is -0.760 e. The van der Waals surface area contributed by atoms with Crippen molar-refractivity contribution in [2.45, 2.75) is 18.2 Å². The lowest BCUT2D eigenvalue weighted by atomic mass is 10.1. The van der Waals surface area contributed by atoms with Crippen molar-refractivity contribution < 1.29 is 27.8 Å². The number of carbonyl (C=O) groups is 1. The topological polar surface area (TPSA) is 125 Å². The van der Waals surface area contributed by atoms with Crippen LogP contribution < -0.4 is 9.46 Å². The second-order valence-corrected chi connectivity index (χ2v) is 7.73. The van der Waals surface area contributed by atoms with Gasteiger partial charge in [0.1, 0.15) is 0 Å². The van der Waals surface area contributed by atoms with E-state index in [1.54, 1.807) is 12.3 Å². The lowest BCUT2D eigenvalue weighted by molar-refractivity contribution is -0.132. The van der Waals surface area contributed by atoms with Gasteiger partial charge in [-0.3, -0.25) is 14.0 Å². The van der Waals surface area contributed by atoms with Crippen LogP contribution in [-0.4, -0.2) is 31.4 Å². The average Bonchev–Trinajstić information content (AvgIpc) is 2.97. The fraction of sp³-hybridized carbons (Fsp3) is 0.222. The third-order valence-electron chi connectivity index (χ3n) is 3.87. The minimum absolute atomic E-state index is 0.106. The summed E-state index contributed by atoms with van der Waals surface area (Å²) in [5.41, 5.74) is 1.29. The van der Waals surface area contributed by atoms with E-state index in [1.165, 1.54) is 6.92 Å². The molecule has 2 unspecified atom stereocenters. The molecule has 10 heteroatoms. The number of fused-ring (bicyclic) bond motifs is 1. The van der Waals surface area contributed by atoms with E-state index in [4.69, 9.17) is 9.15 Å². The minimum atomic E-state index is -2.39. The Morgan fingerprint density at radius 3 is 2.93 bits per heavy atom. The van der Waals surface area contributed by atoms with Gasteiger partial charge in [0.25, 0.3) is 0 Å². The molecule has 0 aliphatic heterocycles. The summed E-state index contributed by atoms with van der Waals surface area (Å²) in [6.07, 6.45) is 1.85. The van der Waals surface area contributed by atoms with Gasteiger partial charge in [0.05, 0.1) is 10.3 Å². The Labute approximate surface area is 171 Å². The summed E-state index contributed by atoms with van der Waals surface area (Å²) in [6, 6.07) is 9.27. The van der Waals surface area contributed by atoms with Gasteiger partial charge in [-0.05, 0) is 18.6 Å². The second-order valence-electron chi connectivity index (χ2n) is 5.87. The molecule has 2 N–H and O–H groups in total. The first-order chi connectivity index (χ1) is 13.4. The molecule has 28 heavy (non-hydrogen) atoms. The number of furan rings is 1. The quantitative estimate of drug-likeness (QED) is 0.310. The Balaban J connectivity index is 2.00. The van der Waals surface area contributed by atoms with Crippen molar-refractivity contribution in [2.24, 2.45) is 0 Å². The van der Waals surface area contributed by atoms with Crippen molar-refractivity contribution in [3.05, 3.63) is 42.3 Å². The zero-order valence-electron chi connectivity index (χ0n) is 14.7. The normalized spacial score (nSPS) is 13.4. The molecule has 3 aromatic rings. The molecule has 0 bridgehead atoms. The molecule has 2 atom stereocenters. The first-order valence-corrected chi connectivity index (χ1v) is 10.2. The van der Waals surface area contributed by atoms with E-state index in [9.17, 15) is 18.7 Å². The zero-order valence-corrected chi connectivity index (χ0v) is 17.1. The molecule has 0 radical (unpaired) electrons. The molecule has 0 aliphatic carbocycles. The van der Waals surface area contributed by atoms with Crippen LogP contribution in [0.4, 0.5) is 0 Å². The van der Waals surface area contributed by atoms with E-state index < -0.39 is 22.1 Å². The lowest BCUT2D eigenvalue weighted by Crippen LogP contribution is -2.18. The number of halogens is 1. The predicted molar refractivity (Wildman–Crippen MR) is 106 cm³/mol. The van der Waals surface area contributed by atoms with Crippen LogP contribution >= 0.6 is 15.9 Å². The van der Waals surface area contributed by atoms with Gasteiger partial charge in [-0.25, -0.2) is 4.72 Å². The number of para-hydroxylation sites is 1. The zero-order chi connectivity index (χ0) is 20.3. The van der Waals surface area contributed by atoms with E-state index in [0.717, 1.165) is 10.9 Å². The molecule has 8 nitrogen and oxygen atoms in total. The van der Waals surface area contributed by atoms with Crippen LogP contribution in [0, 0.1) is 0 Å². The van der Waals surface area contributed by atoms with Crippen molar-refractivity contribution >= 4 is 44.1 Å². The van der Waals surface area contributed by atoms with E-state index in [2.05, 4.69) is 25.6 Å². The molecular weight excluding hydrogens is 452 g/mol. The number of benzene rings is 1. The third-order valence-corrected chi connectivity index (χ3v) is 5.18. The van der Waals surface area contributed by atoms with Crippen LogP contribution in [0.3, 0.4) is 0 Å². The second kappa shape index (κ2) is 8.82. The van der Waals surface area contributed by atoms with Gasteiger partial charge in [0.2, 0.25) is 11.5 Å². The smallest absolute Gasteiger partial charge is 0.308 e. The Kier molecular flexibility index (Phi) is 6.45. The molecule has 0 saturated heterocycles. The van der Waals surface area contributed by atoms with Gasteiger partial charge < -0.3 is 18.8 Å². The highest BCUT2D eigenvalue weighted by Gasteiger charge is 2.28. The number of pyridine rings is 1. The molecule has 3 rings (SSSR count). The fourth-order valence-corrected chi connectivity index (χ4v) is 3.48. The van der Waals surface area contributed by atoms with Gasteiger partial charge in [0, 0.05) is 41.9 Å². The van der Waals surface area contributed by atoms with E-state index in [0.29, 0.717) is 12.0 Å². The average molecular weight is 468 g/mol. The van der Waals surface area contributed by atoms with Gasteiger partial charge in [-0.2, -0.15) is 0 Å². The number of rotatable bonds is 7. The summed E-state index contributed by atoms with van der Waals surface area (Å²) in [4.78, 5) is 15.3. The molecule has 0 spiro atoms. The van der Waals surface area contributed by atoms with Crippen LogP contribution in [0.2, 0.25) is 0 Å². The maximum absolute atomic E-state index is 11.5. The van der Waals surface area contributed by atoms with Crippen molar-refractivity contribution in [3.63, 3.8) is 0 Å². The number of nitrogens with zero attached hydrogens (tertiary/aromatic N) is 1. The number of alkyl halides is 1. The van der Waals surface area contributed by atoms with Crippen LogP contribution in [-0.2, 0) is 16.1 Å². The Morgan fingerprint density at radius 1 is 1.46 bits per heavy atom. The Hall–Kier alpha value is -2.27. The molecule has 148 valence electrons. The summed E-state index contributed by atoms with van der Waals surface area (Å²) < 4.78 is 34.4. The van der Waals surface area contributed by atoms with Crippen molar-refractivity contribution in [1.82, 2.24) is 9.71 Å². The highest BCUT2D eigenvalue weighted by atomic mass is 79.9. The van der Waals surface area contributed by atoms with Crippen LogP contribution in [0.25, 0.3) is 22.2 Å². The largest absolute Gasteiger partial charge is 0.760 e. The first kappa shape index (κ1) is 20.5. The number of hydrogen-bond acceptors (Lipinski definition) is 7. The SMILES string of the molecule is CC(=O)Oc1c(C(Br)CCNS(=O)[O-])oc(-c2cnc3ccccc3c2)c1O. The highest BCUT2D eigenvalue weighted by Crippen LogP contribution is 2.48. The maximum atomic E-state index is 11.5. The molecule has 2 heterocycles. The van der Waals surface area contributed by atoms with Gasteiger partial charge in [-0.15, -0.1) is 0 Å². The number of aromatic nitrogens is 1. The Morgan fingerprint density at radius 2 is 2.21 bits per heavy atom. The highest BCUT2D eigenvalue weighted by molar-refractivity contribution is 9.09. The fourth-order valence-electron chi connectivity index (χ4n) is 2.66. The van der Waals surface area contributed by atoms with E-state index in [1.807, 2.05) is 24.3 Å². The van der Waals surface area contributed by atoms with Gasteiger partial charge >= 0.3 is 5.97 Å². The van der Waals surface area contributed by atoms with Gasteiger partial charge in [0.15, 0.2) is 11.5 Å².